The highest BCUT2D eigenvalue weighted by Crippen LogP contribution is 2.33. The molecule has 2 heterocycles. The van der Waals surface area contributed by atoms with Gasteiger partial charge in [0.25, 0.3) is 0 Å². The van der Waals surface area contributed by atoms with Gasteiger partial charge in [-0.25, -0.2) is 4.98 Å². The Morgan fingerprint density at radius 2 is 2.58 bits per heavy atom. The molecule has 1 aromatic heterocycles. The van der Waals surface area contributed by atoms with Crippen molar-refractivity contribution >= 4 is 23.1 Å². The second-order valence-corrected chi connectivity index (χ2v) is 4.94. The average Bonchev–Trinajstić information content (AvgIpc) is 2.75. The van der Waals surface area contributed by atoms with Crippen LogP contribution in [0.3, 0.4) is 0 Å². The minimum atomic E-state index is 0.0797. The SMILES string of the molecule is OCc1csc(C2CCSC2)n1. The summed E-state index contributed by atoms with van der Waals surface area (Å²) < 4.78 is 0. The summed E-state index contributed by atoms with van der Waals surface area (Å²) in [5, 5.41) is 12.0. The smallest absolute Gasteiger partial charge is 0.0968 e. The monoisotopic (exact) mass is 201 g/mol. The van der Waals surface area contributed by atoms with E-state index in [4.69, 9.17) is 5.11 Å². The molecule has 0 aromatic carbocycles. The lowest BCUT2D eigenvalue weighted by Gasteiger charge is -2.01. The van der Waals surface area contributed by atoms with Gasteiger partial charge < -0.3 is 5.11 Å². The molecule has 1 saturated heterocycles. The standard InChI is InChI=1S/C8H11NOS2/c10-3-7-5-12-8(9-7)6-1-2-11-4-6/h5-6,10H,1-4H2. The number of aliphatic hydroxyl groups is 1. The Hall–Kier alpha value is -0.0600. The first-order valence-electron chi connectivity index (χ1n) is 4.03. The predicted octanol–water partition coefficient (Wildman–Crippen LogP) is 1.86. The Balaban J connectivity index is 2.11. The Morgan fingerprint density at radius 1 is 1.67 bits per heavy atom. The lowest BCUT2D eigenvalue weighted by atomic mass is 10.1. The van der Waals surface area contributed by atoms with Gasteiger partial charge in [0.2, 0.25) is 0 Å². The maximum absolute atomic E-state index is 8.83. The van der Waals surface area contributed by atoms with Gasteiger partial charge in [0, 0.05) is 17.1 Å². The summed E-state index contributed by atoms with van der Waals surface area (Å²) in [6.45, 7) is 0.0797. The van der Waals surface area contributed by atoms with Crippen molar-refractivity contribution < 1.29 is 5.11 Å². The average molecular weight is 201 g/mol. The summed E-state index contributed by atoms with van der Waals surface area (Å²) in [4.78, 5) is 4.37. The Kier molecular flexibility index (Phi) is 2.68. The molecule has 1 fully saturated rings. The van der Waals surface area contributed by atoms with Crippen molar-refractivity contribution in [3.63, 3.8) is 0 Å². The minimum absolute atomic E-state index is 0.0797. The molecule has 12 heavy (non-hydrogen) atoms. The molecule has 0 amide bonds. The van der Waals surface area contributed by atoms with Crippen molar-refractivity contribution in [2.24, 2.45) is 0 Å². The molecule has 4 heteroatoms. The third-order valence-corrected chi connectivity index (χ3v) is 4.23. The summed E-state index contributed by atoms with van der Waals surface area (Å²) in [6.07, 6.45) is 1.25. The molecule has 2 rings (SSSR count). The van der Waals surface area contributed by atoms with Crippen molar-refractivity contribution in [2.75, 3.05) is 11.5 Å². The second-order valence-electron chi connectivity index (χ2n) is 2.90. The van der Waals surface area contributed by atoms with Gasteiger partial charge in [-0.3, -0.25) is 0 Å². The van der Waals surface area contributed by atoms with Crippen molar-refractivity contribution in [3.8, 4) is 0 Å². The van der Waals surface area contributed by atoms with E-state index in [1.165, 1.54) is 22.9 Å². The molecule has 1 aromatic rings. The van der Waals surface area contributed by atoms with E-state index in [-0.39, 0.29) is 6.61 Å². The minimum Gasteiger partial charge on any atom is -0.390 e. The van der Waals surface area contributed by atoms with Gasteiger partial charge in [-0.2, -0.15) is 11.8 Å². The fraction of sp³-hybridized carbons (Fsp3) is 0.625. The normalized spacial score (nSPS) is 23.2. The first-order chi connectivity index (χ1) is 5.90. The molecule has 66 valence electrons. The van der Waals surface area contributed by atoms with Crippen molar-refractivity contribution in [2.45, 2.75) is 18.9 Å². The lowest BCUT2D eigenvalue weighted by Crippen LogP contribution is -1.95. The summed E-state index contributed by atoms with van der Waals surface area (Å²) in [7, 11) is 0. The Bertz CT molecular complexity index is 255. The van der Waals surface area contributed by atoms with E-state index in [1.807, 2.05) is 17.1 Å². The van der Waals surface area contributed by atoms with Crippen molar-refractivity contribution in [3.05, 3.63) is 16.1 Å². The van der Waals surface area contributed by atoms with E-state index in [9.17, 15) is 0 Å². The zero-order chi connectivity index (χ0) is 8.39. The highest BCUT2D eigenvalue weighted by molar-refractivity contribution is 7.99. The van der Waals surface area contributed by atoms with E-state index >= 15 is 0 Å². The van der Waals surface area contributed by atoms with Crippen LogP contribution in [0.2, 0.25) is 0 Å². The van der Waals surface area contributed by atoms with Crippen LogP contribution in [0.1, 0.15) is 23.0 Å². The third kappa shape index (κ3) is 1.65. The van der Waals surface area contributed by atoms with Crippen LogP contribution in [0.5, 0.6) is 0 Å². The van der Waals surface area contributed by atoms with Crippen LogP contribution in [0.4, 0.5) is 0 Å². The molecule has 1 unspecified atom stereocenters. The molecule has 0 bridgehead atoms. The van der Waals surface area contributed by atoms with E-state index in [0.29, 0.717) is 5.92 Å². The van der Waals surface area contributed by atoms with Gasteiger partial charge in [-0.05, 0) is 12.2 Å². The molecule has 0 aliphatic carbocycles. The van der Waals surface area contributed by atoms with Crippen LogP contribution < -0.4 is 0 Å². The van der Waals surface area contributed by atoms with Crippen molar-refractivity contribution in [1.29, 1.82) is 0 Å². The third-order valence-electron chi connectivity index (χ3n) is 2.01. The fourth-order valence-electron chi connectivity index (χ4n) is 1.31. The highest BCUT2D eigenvalue weighted by atomic mass is 32.2. The molecular weight excluding hydrogens is 190 g/mol. The summed E-state index contributed by atoms with van der Waals surface area (Å²) in [5.41, 5.74) is 0.826. The maximum atomic E-state index is 8.83. The van der Waals surface area contributed by atoms with Crippen LogP contribution in [0, 0.1) is 0 Å². The maximum Gasteiger partial charge on any atom is 0.0968 e. The zero-order valence-electron chi connectivity index (χ0n) is 6.69. The van der Waals surface area contributed by atoms with Crippen LogP contribution in [-0.2, 0) is 6.61 Å². The number of aromatic nitrogens is 1. The number of aliphatic hydroxyl groups excluding tert-OH is 1. The molecule has 0 radical (unpaired) electrons. The summed E-state index contributed by atoms with van der Waals surface area (Å²) >= 11 is 3.68. The molecule has 1 N–H and O–H groups in total. The van der Waals surface area contributed by atoms with Crippen LogP contribution in [-0.4, -0.2) is 21.6 Å². The van der Waals surface area contributed by atoms with Gasteiger partial charge in [0.1, 0.15) is 0 Å². The number of thioether (sulfide) groups is 1. The number of hydrogen-bond acceptors (Lipinski definition) is 4. The van der Waals surface area contributed by atoms with Gasteiger partial charge in [-0.1, -0.05) is 0 Å². The van der Waals surface area contributed by atoms with Gasteiger partial charge in [-0.15, -0.1) is 11.3 Å². The van der Waals surface area contributed by atoms with Crippen LogP contribution in [0.15, 0.2) is 5.38 Å². The van der Waals surface area contributed by atoms with Crippen LogP contribution in [0.25, 0.3) is 0 Å². The van der Waals surface area contributed by atoms with Gasteiger partial charge in [0.15, 0.2) is 0 Å². The Morgan fingerprint density at radius 3 is 3.17 bits per heavy atom. The van der Waals surface area contributed by atoms with Crippen molar-refractivity contribution in [1.82, 2.24) is 4.98 Å². The fourth-order valence-corrected chi connectivity index (χ4v) is 3.59. The lowest BCUT2D eigenvalue weighted by molar-refractivity contribution is 0.277. The highest BCUT2D eigenvalue weighted by Gasteiger charge is 2.20. The van der Waals surface area contributed by atoms with Crippen LogP contribution >= 0.6 is 23.1 Å². The molecule has 1 aliphatic rings. The van der Waals surface area contributed by atoms with Gasteiger partial charge in [0.05, 0.1) is 17.3 Å². The molecule has 0 spiro atoms. The molecule has 1 atom stereocenters. The molecule has 0 saturated carbocycles. The summed E-state index contributed by atoms with van der Waals surface area (Å²) in [6, 6.07) is 0. The molecular formula is C8H11NOS2. The zero-order valence-corrected chi connectivity index (χ0v) is 8.33. The quantitative estimate of drug-likeness (QED) is 0.793. The predicted molar refractivity (Wildman–Crippen MR) is 52.7 cm³/mol. The van der Waals surface area contributed by atoms with E-state index in [0.717, 1.165) is 5.69 Å². The molecule has 1 aliphatic heterocycles. The number of nitrogens with zero attached hydrogens (tertiary/aromatic N) is 1. The first kappa shape index (κ1) is 8.53. The van der Waals surface area contributed by atoms with Gasteiger partial charge >= 0.3 is 0 Å². The number of rotatable bonds is 2. The number of thiazole rings is 1. The van der Waals surface area contributed by atoms with E-state index < -0.39 is 0 Å². The topological polar surface area (TPSA) is 33.1 Å². The van der Waals surface area contributed by atoms with E-state index in [1.54, 1.807) is 11.3 Å². The first-order valence-corrected chi connectivity index (χ1v) is 6.06. The largest absolute Gasteiger partial charge is 0.390 e. The second kappa shape index (κ2) is 3.77. The summed E-state index contributed by atoms with van der Waals surface area (Å²) in [5.74, 6) is 3.12. The molecule has 2 nitrogen and oxygen atoms in total. The number of hydrogen-bond donors (Lipinski definition) is 1. The van der Waals surface area contributed by atoms with E-state index in [2.05, 4.69) is 4.98 Å². The Labute approximate surface area is 80.0 Å².